The molecule has 0 radical (unpaired) electrons. The molecule has 0 unspecified atom stereocenters. The molecule has 0 spiro atoms. The van der Waals surface area contributed by atoms with Gasteiger partial charge in [-0.2, -0.15) is 0 Å². The molecule has 46 heavy (non-hydrogen) atoms. The predicted octanol–water partition coefficient (Wildman–Crippen LogP) is -1.54. The van der Waals surface area contributed by atoms with Crippen LogP contribution in [0.2, 0.25) is 0 Å². The predicted molar refractivity (Wildman–Crippen MR) is 175 cm³/mol. The molecule has 14 nitrogen and oxygen atoms in total. The summed E-state index contributed by atoms with van der Waals surface area (Å²) < 4.78 is 0. The van der Waals surface area contributed by atoms with E-state index in [1.54, 1.807) is 58.5 Å². The Labute approximate surface area is 269 Å². The lowest BCUT2D eigenvalue weighted by molar-refractivity contribution is -0.132. The maximum absolute atomic E-state index is 13.7. The summed E-state index contributed by atoms with van der Waals surface area (Å²) in [6.45, 7) is 1.54. The SMILES string of the molecule is CNCCC[C@@H]1NC(=O)[C@@H](NC)Cc2cc(ccc2O)-c2ccc(O)c(c2)C[C@@H](C(=O)NC[C@H](NC)C(=O)NCCNC)NC1=O. The van der Waals surface area contributed by atoms with Crippen LogP contribution in [0.4, 0.5) is 0 Å². The number of carbonyl (C=O) groups excluding carboxylic acids is 4. The molecule has 4 atom stereocenters. The Balaban J connectivity index is 1.99. The van der Waals surface area contributed by atoms with Gasteiger partial charge in [0.2, 0.25) is 23.6 Å². The number of amides is 4. The quantitative estimate of drug-likeness (QED) is 0.114. The topological polar surface area (TPSA) is 205 Å². The van der Waals surface area contributed by atoms with Crippen molar-refractivity contribution in [2.24, 2.45) is 0 Å². The number of hydrogen-bond acceptors (Lipinski definition) is 10. The summed E-state index contributed by atoms with van der Waals surface area (Å²) in [5.41, 5.74) is 2.37. The van der Waals surface area contributed by atoms with Crippen LogP contribution in [0, 0.1) is 0 Å². The lowest BCUT2D eigenvalue weighted by Gasteiger charge is -2.26. The monoisotopic (exact) mass is 640 g/mol. The van der Waals surface area contributed by atoms with Crippen LogP contribution in [-0.4, -0.2) is 112 Å². The van der Waals surface area contributed by atoms with Crippen molar-refractivity contribution in [3.63, 3.8) is 0 Å². The molecular weight excluding hydrogens is 592 g/mol. The van der Waals surface area contributed by atoms with E-state index in [2.05, 4.69) is 42.5 Å². The molecule has 2 aromatic carbocycles. The third-order valence-electron chi connectivity index (χ3n) is 8.01. The molecule has 0 fully saturated rings. The second-order valence-corrected chi connectivity index (χ2v) is 11.3. The van der Waals surface area contributed by atoms with Gasteiger partial charge in [0.1, 0.15) is 29.6 Å². The number of likely N-dealkylation sites (N-methyl/N-ethyl adjacent to an activating group) is 3. The van der Waals surface area contributed by atoms with Gasteiger partial charge in [-0.1, -0.05) is 12.1 Å². The van der Waals surface area contributed by atoms with E-state index in [9.17, 15) is 29.4 Å². The molecule has 14 heteroatoms. The number of hydrogen-bond donors (Lipinski definition) is 10. The van der Waals surface area contributed by atoms with Crippen LogP contribution in [0.5, 0.6) is 11.5 Å². The second kappa shape index (κ2) is 18.0. The highest BCUT2D eigenvalue weighted by Gasteiger charge is 2.30. The molecule has 10 N–H and O–H groups in total. The van der Waals surface area contributed by atoms with E-state index < -0.39 is 41.9 Å². The minimum absolute atomic E-state index is 0.0238. The van der Waals surface area contributed by atoms with Crippen LogP contribution < -0.4 is 42.5 Å². The van der Waals surface area contributed by atoms with E-state index in [1.165, 1.54) is 6.07 Å². The fourth-order valence-electron chi connectivity index (χ4n) is 5.21. The van der Waals surface area contributed by atoms with Crippen molar-refractivity contribution >= 4 is 23.6 Å². The van der Waals surface area contributed by atoms with Gasteiger partial charge in [-0.3, -0.25) is 19.2 Å². The zero-order valence-electron chi connectivity index (χ0n) is 27.0. The fourth-order valence-corrected chi connectivity index (χ4v) is 5.21. The number of carbonyl (C=O) groups is 4. The Morgan fingerprint density at radius 2 is 1.46 bits per heavy atom. The number of benzene rings is 2. The smallest absolute Gasteiger partial charge is 0.243 e. The highest BCUT2D eigenvalue weighted by Crippen LogP contribution is 2.31. The van der Waals surface area contributed by atoms with E-state index in [1.807, 2.05) is 0 Å². The lowest BCUT2D eigenvalue weighted by atomic mass is 9.95. The third kappa shape index (κ3) is 10.1. The van der Waals surface area contributed by atoms with Crippen molar-refractivity contribution in [3.8, 4) is 22.6 Å². The Morgan fingerprint density at radius 3 is 2.04 bits per heavy atom. The van der Waals surface area contributed by atoms with Crippen LogP contribution in [0.1, 0.15) is 24.0 Å². The maximum atomic E-state index is 13.7. The highest BCUT2D eigenvalue weighted by molar-refractivity contribution is 5.93. The van der Waals surface area contributed by atoms with Gasteiger partial charge in [-0.15, -0.1) is 0 Å². The molecule has 4 amide bonds. The van der Waals surface area contributed by atoms with Gasteiger partial charge >= 0.3 is 0 Å². The van der Waals surface area contributed by atoms with Gasteiger partial charge in [-0.05, 0) is 94.1 Å². The highest BCUT2D eigenvalue weighted by atomic mass is 16.3. The van der Waals surface area contributed by atoms with Crippen LogP contribution in [0.15, 0.2) is 36.4 Å². The summed E-state index contributed by atoms with van der Waals surface area (Å²) in [7, 11) is 6.79. The first-order valence-corrected chi connectivity index (χ1v) is 15.6. The zero-order valence-corrected chi connectivity index (χ0v) is 27.0. The number of phenolic OH excluding ortho intramolecular Hbond substituents is 2. The van der Waals surface area contributed by atoms with Crippen molar-refractivity contribution < 1.29 is 29.4 Å². The van der Waals surface area contributed by atoms with Crippen molar-refractivity contribution in [1.29, 1.82) is 0 Å². The molecule has 3 rings (SSSR count). The number of phenols is 2. The Bertz CT molecular complexity index is 1360. The van der Waals surface area contributed by atoms with E-state index in [0.717, 1.165) is 5.56 Å². The average molecular weight is 641 g/mol. The van der Waals surface area contributed by atoms with Crippen LogP contribution in [-0.2, 0) is 32.0 Å². The molecule has 0 aliphatic carbocycles. The molecule has 4 bridgehead atoms. The summed E-state index contributed by atoms with van der Waals surface area (Å²) in [6.07, 6.45) is 0.933. The van der Waals surface area contributed by atoms with Crippen molar-refractivity contribution in [3.05, 3.63) is 47.5 Å². The second-order valence-electron chi connectivity index (χ2n) is 11.3. The Kier molecular flexibility index (Phi) is 14.2. The van der Waals surface area contributed by atoms with E-state index in [-0.39, 0.29) is 36.8 Å². The third-order valence-corrected chi connectivity index (χ3v) is 8.01. The van der Waals surface area contributed by atoms with Gasteiger partial charge in [0.15, 0.2) is 0 Å². The van der Waals surface area contributed by atoms with Crippen LogP contribution >= 0.6 is 0 Å². The molecule has 0 saturated carbocycles. The van der Waals surface area contributed by atoms with Crippen molar-refractivity contribution in [2.75, 3.05) is 54.4 Å². The van der Waals surface area contributed by atoms with E-state index >= 15 is 0 Å². The Hall–Kier alpha value is -4.24. The first kappa shape index (κ1) is 36.2. The zero-order chi connectivity index (χ0) is 33.6. The van der Waals surface area contributed by atoms with Gasteiger partial charge in [0, 0.05) is 32.5 Å². The summed E-state index contributed by atoms with van der Waals surface area (Å²) >= 11 is 0. The van der Waals surface area contributed by atoms with Crippen molar-refractivity contribution in [1.82, 2.24) is 42.5 Å². The minimum Gasteiger partial charge on any atom is -0.508 e. The molecule has 0 aromatic heterocycles. The van der Waals surface area contributed by atoms with Crippen molar-refractivity contribution in [2.45, 2.75) is 49.9 Å². The number of nitrogens with one attached hydrogen (secondary N) is 8. The molecule has 2 aromatic rings. The number of aromatic hydroxyl groups is 2. The first-order valence-electron chi connectivity index (χ1n) is 15.6. The normalized spacial score (nSPS) is 19.2. The lowest BCUT2D eigenvalue weighted by Crippen LogP contribution is -2.58. The summed E-state index contributed by atoms with van der Waals surface area (Å²) in [4.78, 5) is 53.4. The fraction of sp³-hybridized carbons (Fsp3) is 0.500. The Morgan fingerprint density at radius 1 is 0.826 bits per heavy atom. The molecular formula is C32H48N8O6. The average Bonchev–Trinajstić information content (AvgIpc) is 3.04. The van der Waals surface area contributed by atoms with E-state index in [4.69, 9.17) is 0 Å². The summed E-state index contributed by atoms with van der Waals surface area (Å²) in [5, 5.41) is 44.4. The molecule has 252 valence electrons. The minimum atomic E-state index is -1.15. The summed E-state index contributed by atoms with van der Waals surface area (Å²) in [6, 6.07) is 6.39. The molecule has 1 heterocycles. The first-order chi connectivity index (χ1) is 22.1. The van der Waals surface area contributed by atoms with Gasteiger partial charge in [-0.25, -0.2) is 0 Å². The summed E-state index contributed by atoms with van der Waals surface area (Å²) in [5.74, 6) is -1.91. The van der Waals surface area contributed by atoms with Gasteiger partial charge < -0.3 is 52.7 Å². The van der Waals surface area contributed by atoms with E-state index in [0.29, 0.717) is 49.2 Å². The molecule has 0 saturated heterocycles. The number of rotatable bonds is 13. The van der Waals surface area contributed by atoms with Crippen LogP contribution in [0.25, 0.3) is 11.1 Å². The molecule has 1 aliphatic rings. The van der Waals surface area contributed by atoms with Crippen LogP contribution in [0.3, 0.4) is 0 Å². The maximum Gasteiger partial charge on any atom is 0.243 e. The standard InChI is InChI=1S/C32H48N8O6/c1-33-11-5-6-23-31(45)40-25(29(43)38-18-26(36-4)30(44)37-13-12-34-2)17-22-15-20(8-10-28(22)42)19-7-9-27(41)21(14-19)16-24(35-3)32(46)39-23/h7-10,14-15,23-26,33-36,41-42H,5-6,11-13,16-18H2,1-4H3,(H,37,44)(H,38,43)(H,39,46)(H,40,45)/t23-,24-,25-,26-/m0/s1. The van der Waals surface area contributed by atoms with Gasteiger partial charge in [0.05, 0.1) is 6.04 Å². The number of fused-ring (bicyclic) bond motifs is 5. The van der Waals surface area contributed by atoms with Gasteiger partial charge in [0.25, 0.3) is 0 Å². The largest absolute Gasteiger partial charge is 0.508 e. The molecule has 1 aliphatic heterocycles.